The fraction of sp³-hybridized carbons (Fsp3) is 0.0588. The van der Waals surface area contributed by atoms with Crippen molar-refractivity contribution in [2.45, 2.75) is 19.3 Å². The first kappa shape index (κ1) is 29.7. The lowest BCUT2D eigenvalue weighted by Crippen LogP contribution is -1.86. The third-order valence-electron chi connectivity index (χ3n) is 11.0. The maximum Gasteiger partial charge on any atom is -0.00642 e. The van der Waals surface area contributed by atoms with Crippen LogP contribution in [0.2, 0.25) is 0 Å². The van der Waals surface area contributed by atoms with E-state index >= 15 is 0 Å². The SMILES string of the molecule is C1=Cc2c(ccc3c2ccc2ccccc23)C1.C1=Cc2cc3ccc4ccccc4c3cc2C1.C1=Cc2ccc3ccc4ccccc4c3c2C1. The number of fused-ring (bicyclic) bond motifs is 14. The molecule has 0 amide bonds. The van der Waals surface area contributed by atoms with Crippen molar-refractivity contribution in [1.82, 2.24) is 0 Å². The van der Waals surface area contributed by atoms with Crippen molar-refractivity contribution < 1.29 is 0 Å². The van der Waals surface area contributed by atoms with Gasteiger partial charge in [-0.3, -0.25) is 0 Å². The van der Waals surface area contributed by atoms with Gasteiger partial charge in [0.05, 0.1) is 0 Å². The Morgan fingerprint density at radius 3 is 1.71 bits per heavy atom. The molecule has 0 heterocycles. The van der Waals surface area contributed by atoms with Crippen molar-refractivity contribution in [3.63, 3.8) is 0 Å². The summed E-state index contributed by atoms with van der Waals surface area (Å²) in [7, 11) is 0. The molecule has 0 saturated carbocycles. The van der Waals surface area contributed by atoms with Gasteiger partial charge in [0.2, 0.25) is 0 Å². The topological polar surface area (TPSA) is 0 Å². The summed E-state index contributed by atoms with van der Waals surface area (Å²) < 4.78 is 0. The van der Waals surface area contributed by atoms with E-state index in [9.17, 15) is 0 Å². The van der Waals surface area contributed by atoms with Crippen molar-refractivity contribution in [3.8, 4) is 0 Å². The first-order chi connectivity index (χ1) is 25.3. The van der Waals surface area contributed by atoms with Gasteiger partial charge in [-0.05, 0) is 129 Å². The Hall–Kier alpha value is -6.24. The molecule has 0 spiro atoms. The Balaban J connectivity index is 0.0000000963. The van der Waals surface area contributed by atoms with E-state index in [-0.39, 0.29) is 0 Å². The highest BCUT2D eigenvalue weighted by molar-refractivity contribution is 6.12. The second-order valence-electron chi connectivity index (χ2n) is 13.9. The highest BCUT2D eigenvalue weighted by Gasteiger charge is 2.12. The van der Waals surface area contributed by atoms with Gasteiger partial charge in [0.1, 0.15) is 0 Å². The smallest absolute Gasteiger partial charge is 0.00642 e. The lowest BCUT2D eigenvalue weighted by molar-refractivity contribution is 1.32. The average molecular weight is 649 g/mol. The summed E-state index contributed by atoms with van der Waals surface area (Å²) in [6.45, 7) is 0. The zero-order valence-electron chi connectivity index (χ0n) is 28.4. The number of hydrogen-bond acceptors (Lipinski definition) is 0. The van der Waals surface area contributed by atoms with Crippen LogP contribution < -0.4 is 0 Å². The molecule has 0 fully saturated rings. The van der Waals surface area contributed by atoms with Crippen LogP contribution in [0.25, 0.3) is 82.9 Å². The van der Waals surface area contributed by atoms with E-state index in [1.807, 2.05) is 0 Å². The van der Waals surface area contributed by atoms with E-state index in [1.54, 1.807) is 0 Å². The minimum atomic E-state index is 1.07. The molecule has 51 heavy (non-hydrogen) atoms. The highest BCUT2D eigenvalue weighted by Crippen LogP contribution is 2.35. The molecule has 0 aromatic heterocycles. The predicted octanol–water partition coefficient (Wildman–Crippen LogP) is 13.7. The number of rotatable bonds is 0. The second-order valence-corrected chi connectivity index (χ2v) is 13.9. The van der Waals surface area contributed by atoms with E-state index in [4.69, 9.17) is 0 Å². The third-order valence-corrected chi connectivity index (χ3v) is 11.0. The van der Waals surface area contributed by atoms with Crippen LogP contribution in [-0.2, 0) is 19.3 Å². The van der Waals surface area contributed by atoms with Crippen LogP contribution in [0.3, 0.4) is 0 Å². The zero-order valence-corrected chi connectivity index (χ0v) is 28.4. The Kier molecular flexibility index (Phi) is 7.13. The zero-order chi connectivity index (χ0) is 33.7. The summed E-state index contributed by atoms with van der Waals surface area (Å²) in [5.74, 6) is 0. The second kappa shape index (κ2) is 12.3. The van der Waals surface area contributed by atoms with Crippen LogP contribution in [0, 0.1) is 0 Å². The van der Waals surface area contributed by atoms with Gasteiger partial charge >= 0.3 is 0 Å². The first-order valence-electron chi connectivity index (χ1n) is 18.1. The predicted molar refractivity (Wildman–Crippen MR) is 223 cm³/mol. The fourth-order valence-electron chi connectivity index (χ4n) is 8.47. The van der Waals surface area contributed by atoms with Crippen LogP contribution >= 0.6 is 0 Å². The highest BCUT2D eigenvalue weighted by atomic mass is 14.2. The summed E-state index contributed by atoms with van der Waals surface area (Å²) in [6.07, 6.45) is 16.7. The average Bonchev–Trinajstić information content (AvgIpc) is 3.99. The summed E-state index contributed by atoms with van der Waals surface area (Å²) in [6, 6.07) is 52.9. The van der Waals surface area contributed by atoms with Gasteiger partial charge in [0.25, 0.3) is 0 Å². The molecule has 9 aromatic carbocycles. The van der Waals surface area contributed by atoms with Crippen LogP contribution in [0.4, 0.5) is 0 Å². The van der Waals surface area contributed by atoms with Gasteiger partial charge in [-0.15, -0.1) is 0 Å². The maximum atomic E-state index is 2.35. The molecule has 0 atom stereocenters. The molecular weight excluding hydrogens is 613 g/mol. The standard InChI is InChI=1S/3C17H12/c1-2-7-16-12(4-1)8-9-15-10-13-5-3-6-14(13)11-17(15)16;1-2-6-15-12(4-1)8-10-14-11-9-13-5-3-7-16(13)17(14)15;1-2-6-14-12(4-1)8-10-17-15-7-3-5-13(15)9-11-16(14)17/h1-5,7-11H,6H2;1-6,8-11H,7H2;1-4,6-11H,5H2. The van der Waals surface area contributed by atoms with Gasteiger partial charge in [-0.1, -0.05) is 170 Å². The van der Waals surface area contributed by atoms with Crippen LogP contribution in [-0.4, -0.2) is 0 Å². The fourth-order valence-corrected chi connectivity index (χ4v) is 8.47. The number of allylic oxidation sites excluding steroid dienone is 3. The van der Waals surface area contributed by atoms with E-state index < -0.39 is 0 Å². The molecular formula is C51H36. The Bertz CT molecular complexity index is 2930. The first-order valence-corrected chi connectivity index (χ1v) is 18.1. The minimum Gasteiger partial charge on any atom is -0.0795 e. The maximum absolute atomic E-state index is 2.35. The molecule has 0 heteroatoms. The molecule has 0 nitrogen and oxygen atoms in total. The van der Waals surface area contributed by atoms with E-state index in [1.165, 1.54) is 98.0 Å². The van der Waals surface area contributed by atoms with E-state index in [0.717, 1.165) is 19.3 Å². The Morgan fingerprint density at radius 1 is 0.314 bits per heavy atom. The molecule has 0 unspecified atom stereocenters. The van der Waals surface area contributed by atoms with Gasteiger partial charge in [-0.25, -0.2) is 0 Å². The lowest BCUT2D eigenvalue weighted by Gasteiger charge is -2.09. The van der Waals surface area contributed by atoms with Crippen molar-refractivity contribution in [2.24, 2.45) is 0 Å². The Morgan fingerprint density at radius 2 is 0.882 bits per heavy atom. The van der Waals surface area contributed by atoms with Gasteiger partial charge in [-0.2, -0.15) is 0 Å². The molecule has 240 valence electrons. The van der Waals surface area contributed by atoms with Gasteiger partial charge < -0.3 is 0 Å². The summed E-state index contributed by atoms with van der Waals surface area (Å²) >= 11 is 0. The quantitative estimate of drug-likeness (QED) is 0.144. The van der Waals surface area contributed by atoms with Crippen molar-refractivity contribution in [1.29, 1.82) is 0 Å². The molecule has 9 aromatic rings. The summed E-state index contributed by atoms with van der Waals surface area (Å²) in [5.41, 5.74) is 8.57. The third kappa shape index (κ3) is 5.15. The number of hydrogen-bond donors (Lipinski definition) is 0. The Labute approximate surface area is 298 Å². The lowest BCUT2D eigenvalue weighted by atomic mass is 9.95. The molecule has 0 aliphatic heterocycles. The largest absolute Gasteiger partial charge is 0.0795 e. The monoisotopic (exact) mass is 648 g/mol. The molecule has 3 aliphatic rings. The van der Waals surface area contributed by atoms with Crippen LogP contribution in [0.5, 0.6) is 0 Å². The minimum absolute atomic E-state index is 1.07. The number of benzene rings is 9. The van der Waals surface area contributed by atoms with Crippen molar-refractivity contribution in [3.05, 3.63) is 197 Å². The van der Waals surface area contributed by atoms with Gasteiger partial charge in [0.15, 0.2) is 0 Å². The van der Waals surface area contributed by atoms with Crippen molar-refractivity contribution in [2.75, 3.05) is 0 Å². The summed E-state index contributed by atoms with van der Waals surface area (Å²) in [4.78, 5) is 0. The normalized spacial score (nSPS) is 13.4. The molecule has 0 saturated heterocycles. The van der Waals surface area contributed by atoms with E-state index in [2.05, 4.69) is 182 Å². The summed E-state index contributed by atoms with van der Waals surface area (Å²) in [5, 5.41) is 16.3. The van der Waals surface area contributed by atoms with Crippen LogP contribution in [0.15, 0.2) is 164 Å². The molecule has 3 aliphatic carbocycles. The molecule has 0 radical (unpaired) electrons. The van der Waals surface area contributed by atoms with E-state index in [0.29, 0.717) is 0 Å². The molecule has 12 rings (SSSR count). The molecule has 0 bridgehead atoms. The van der Waals surface area contributed by atoms with Crippen molar-refractivity contribution >= 4 is 82.9 Å². The molecule has 0 N–H and O–H groups in total. The van der Waals surface area contributed by atoms with Crippen LogP contribution in [0.1, 0.15) is 33.4 Å². The van der Waals surface area contributed by atoms with Gasteiger partial charge in [0, 0.05) is 0 Å².